The number of esters is 1. The van der Waals surface area contributed by atoms with Gasteiger partial charge in [-0.15, -0.1) is 0 Å². The quantitative estimate of drug-likeness (QED) is 0.633. The van der Waals surface area contributed by atoms with Crippen molar-refractivity contribution in [2.45, 2.75) is 26.4 Å². The third-order valence-corrected chi connectivity index (χ3v) is 2.45. The highest BCUT2D eigenvalue weighted by molar-refractivity contribution is 5.93. The zero-order valence-electron chi connectivity index (χ0n) is 12.7. The number of rotatable bonds is 4. The molecule has 21 heavy (non-hydrogen) atoms. The van der Waals surface area contributed by atoms with Gasteiger partial charge in [0.2, 0.25) is 5.91 Å². The van der Waals surface area contributed by atoms with E-state index in [1.807, 2.05) is 0 Å². The van der Waals surface area contributed by atoms with Crippen LogP contribution >= 0.6 is 0 Å². The van der Waals surface area contributed by atoms with E-state index >= 15 is 0 Å². The Labute approximate surface area is 124 Å². The second-order valence-corrected chi connectivity index (χ2v) is 5.67. The molecule has 0 radical (unpaired) electrons. The molecule has 0 N–H and O–H groups in total. The molecular weight excluding hydrogens is 273 g/mol. The van der Waals surface area contributed by atoms with Crippen molar-refractivity contribution in [1.82, 2.24) is 4.90 Å². The lowest BCUT2D eigenvalue weighted by Gasteiger charge is -2.22. The van der Waals surface area contributed by atoms with E-state index < -0.39 is 11.6 Å². The maximum Gasteiger partial charge on any atom is 0.326 e. The van der Waals surface area contributed by atoms with E-state index in [4.69, 9.17) is 4.74 Å². The number of benzene rings is 1. The number of hydrogen-bond donors (Lipinski definition) is 0. The van der Waals surface area contributed by atoms with Crippen LogP contribution in [0.15, 0.2) is 30.3 Å². The van der Waals surface area contributed by atoms with Crippen molar-refractivity contribution in [3.05, 3.63) is 41.7 Å². The lowest BCUT2D eigenvalue weighted by atomic mass is 10.2. The summed E-state index contributed by atoms with van der Waals surface area (Å²) in [5, 5.41) is 0. The topological polar surface area (TPSA) is 46.6 Å². The predicted octanol–water partition coefficient (Wildman–Crippen LogP) is 2.64. The standard InChI is InChI=1S/C16H20FNO3/c1-16(2,3)21-15(20)11-18(4)14(19)10-7-12-5-8-13(17)9-6-12/h5-10H,11H2,1-4H3/b10-7+. The molecule has 0 bridgehead atoms. The van der Waals surface area contributed by atoms with Gasteiger partial charge >= 0.3 is 5.97 Å². The molecule has 0 aliphatic carbocycles. The first-order chi connectivity index (χ1) is 9.67. The summed E-state index contributed by atoms with van der Waals surface area (Å²) in [5.41, 5.74) is 0.126. The third kappa shape index (κ3) is 6.70. The molecule has 0 heterocycles. The number of halogens is 1. The molecule has 0 aromatic heterocycles. The van der Waals surface area contributed by atoms with Crippen molar-refractivity contribution in [1.29, 1.82) is 0 Å². The number of nitrogens with zero attached hydrogens (tertiary/aromatic N) is 1. The van der Waals surface area contributed by atoms with Crippen LogP contribution in [-0.2, 0) is 14.3 Å². The number of carbonyl (C=O) groups excluding carboxylic acids is 2. The van der Waals surface area contributed by atoms with Crippen LogP contribution in [0.5, 0.6) is 0 Å². The number of likely N-dealkylation sites (N-methyl/N-ethyl adjacent to an activating group) is 1. The molecule has 1 rings (SSSR count). The maximum absolute atomic E-state index is 12.7. The van der Waals surface area contributed by atoms with E-state index in [1.165, 1.54) is 30.2 Å². The molecule has 114 valence electrons. The molecule has 0 spiro atoms. The van der Waals surface area contributed by atoms with Crippen molar-refractivity contribution in [3.63, 3.8) is 0 Å². The molecule has 0 atom stereocenters. The van der Waals surface area contributed by atoms with Crippen LogP contribution in [0.1, 0.15) is 26.3 Å². The summed E-state index contributed by atoms with van der Waals surface area (Å²) in [7, 11) is 1.52. The lowest BCUT2D eigenvalue weighted by molar-refractivity contribution is -0.157. The summed E-state index contributed by atoms with van der Waals surface area (Å²) >= 11 is 0. The van der Waals surface area contributed by atoms with Crippen molar-refractivity contribution in [3.8, 4) is 0 Å². The van der Waals surface area contributed by atoms with Gasteiger partial charge in [-0.25, -0.2) is 4.39 Å². The Morgan fingerprint density at radius 1 is 1.24 bits per heavy atom. The van der Waals surface area contributed by atoms with Gasteiger partial charge in [-0.2, -0.15) is 0 Å². The smallest absolute Gasteiger partial charge is 0.326 e. The number of hydrogen-bond acceptors (Lipinski definition) is 3. The molecule has 1 aromatic rings. The van der Waals surface area contributed by atoms with E-state index in [0.717, 1.165) is 0 Å². The van der Waals surface area contributed by atoms with Crippen LogP contribution in [-0.4, -0.2) is 36.0 Å². The van der Waals surface area contributed by atoms with Gasteiger partial charge < -0.3 is 9.64 Å². The minimum atomic E-state index is -0.578. The second-order valence-electron chi connectivity index (χ2n) is 5.67. The van der Waals surface area contributed by atoms with Gasteiger partial charge in [0, 0.05) is 13.1 Å². The predicted molar refractivity (Wildman–Crippen MR) is 78.9 cm³/mol. The number of carbonyl (C=O) groups is 2. The zero-order chi connectivity index (χ0) is 16.0. The second kappa shape index (κ2) is 7.02. The number of ether oxygens (including phenoxy) is 1. The van der Waals surface area contributed by atoms with Crippen molar-refractivity contribution >= 4 is 18.0 Å². The molecule has 0 unspecified atom stereocenters. The lowest BCUT2D eigenvalue weighted by Crippen LogP contribution is -2.35. The van der Waals surface area contributed by atoms with Gasteiger partial charge in [-0.1, -0.05) is 12.1 Å². The Hall–Kier alpha value is -2.17. The maximum atomic E-state index is 12.7. The average molecular weight is 293 g/mol. The molecule has 1 aromatic carbocycles. The minimum absolute atomic E-state index is 0.121. The van der Waals surface area contributed by atoms with E-state index in [0.29, 0.717) is 5.56 Å². The molecular formula is C16H20FNO3. The average Bonchev–Trinajstić information content (AvgIpc) is 2.35. The van der Waals surface area contributed by atoms with E-state index in [2.05, 4.69) is 0 Å². The largest absolute Gasteiger partial charge is 0.459 e. The van der Waals surface area contributed by atoms with Crippen molar-refractivity contribution in [2.24, 2.45) is 0 Å². The highest BCUT2D eigenvalue weighted by Crippen LogP contribution is 2.08. The van der Waals surface area contributed by atoms with Gasteiger partial charge in [0.1, 0.15) is 18.0 Å². The first-order valence-electron chi connectivity index (χ1n) is 6.58. The van der Waals surface area contributed by atoms with Gasteiger partial charge in [-0.3, -0.25) is 9.59 Å². The number of amides is 1. The summed E-state index contributed by atoms with van der Waals surface area (Å²) in [6.07, 6.45) is 2.89. The fraction of sp³-hybridized carbons (Fsp3) is 0.375. The molecule has 5 heteroatoms. The Bertz CT molecular complexity index is 529. The van der Waals surface area contributed by atoms with Crippen LogP contribution < -0.4 is 0 Å². The first-order valence-corrected chi connectivity index (χ1v) is 6.58. The first kappa shape index (κ1) is 16.9. The van der Waals surface area contributed by atoms with Gasteiger partial charge in [0.15, 0.2) is 0 Å². The molecule has 0 aliphatic heterocycles. The highest BCUT2D eigenvalue weighted by atomic mass is 19.1. The summed E-state index contributed by atoms with van der Waals surface area (Å²) in [5.74, 6) is -1.13. The highest BCUT2D eigenvalue weighted by Gasteiger charge is 2.18. The van der Waals surface area contributed by atoms with E-state index in [9.17, 15) is 14.0 Å². The van der Waals surface area contributed by atoms with Gasteiger partial charge in [-0.05, 0) is 44.5 Å². The minimum Gasteiger partial charge on any atom is -0.459 e. The van der Waals surface area contributed by atoms with Crippen LogP contribution in [0.4, 0.5) is 4.39 Å². The Morgan fingerprint density at radius 3 is 2.33 bits per heavy atom. The van der Waals surface area contributed by atoms with Crippen LogP contribution in [0, 0.1) is 5.82 Å². The Balaban J connectivity index is 2.54. The van der Waals surface area contributed by atoms with Crippen LogP contribution in [0.2, 0.25) is 0 Å². The Morgan fingerprint density at radius 2 is 1.81 bits per heavy atom. The summed E-state index contributed by atoms with van der Waals surface area (Å²) < 4.78 is 17.9. The van der Waals surface area contributed by atoms with Crippen LogP contribution in [0.25, 0.3) is 6.08 Å². The van der Waals surface area contributed by atoms with Gasteiger partial charge in [0.05, 0.1) is 0 Å². The summed E-state index contributed by atoms with van der Waals surface area (Å²) in [6, 6.07) is 5.75. The van der Waals surface area contributed by atoms with Crippen molar-refractivity contribution < 1.29 is 18.7 Å². The normalized spacial score (nSPS) is 11.5. The Kier molecular flexibility index (Phi) is 5.64. The van der Waals surface area contributed by atoms with Gasteiger partial charge in [0.25, 0.3) is 0 Å². The molecule has 0 saturated heterocycles. The molecule has 1 amide bonds. The molecule has 0 fully saturated rings. The molecule has 4 nitrogen and oxygen atoms in total. The molecule has 0 aliphatic rings. The van der Waals surface area contributed by atoms with Crippen molar-refractivity contribution in [2.75, 3.05) is 13.6 Å². The summed E-state index contributed by atoms with van der Waals surface area (Å²) in [6.45, 7) is 5.17. The SMILES string of the molecule is CN(CC(=O)OC(C)(C)C)C(=O)/C=C/c1ccc(F)cc1. The fourth-order valence-electron chi connectivity index (χ4n) is 1.51. The van der Waals surface area contributed by atoms with Crippen LogP contribution in [0.3, 0.4) is 0 Å². The van der Waals surface area contributed by atoms with E-state index in [1.54, 1.807) is 39.0 Å². The third-order valence-electron chi connectivity index (χ3n) is 2.45. The molecule has 0 saturated carbocycles. The fourth-order valence-corrected chi connectivity index (χ4v) is 1.51. The zero-order valence-corrected chi connectivity index (χ0v) is 12.7. The van der Waals surface area contributed by atoms with E-state index in [-0.39, 0.29) is 18.3 Å². The monoisotopic (exact) mass is 293 g/mol. The summed E-state index contributed by atoms with van der Waals surface area (Å²) in [4.78, 5) is 24.7.